The number of nitriles is 1. The Bertz CT molecular complexity index is 360. The maximum Gasteiger partial charge on any atom is 0.140 e. The Morgan fingerprint density at radius 1 is 1.25 bits per heavy atom. The van der Waals surface area contributed by atoms with Gasteiger partial charge in [-0.2, -0.15) is 5.26 Å². The molecule has 1 rings (SSSR count). The molecule has 1 aromatic rings. The Hall–Kier alpha value is -1.68. The van der Waals surface area contributed by atoms with Crippen molar-refractivity contribution in [3.05, 3.63) is 24.0 Å². The Balaban J connectivity index is 2.82. The second-order valence-corrected chi connectivity index (χ2v) is 3.42. The third-order valence-corrected chi connectivity index (χ3v) is 2.20. The number of pyridine rings is 1. The summed E-state index contributed by atoms with van der Waals surface area (Å²) in [6.07, 6.45) is 1.40. The predicted molar refractivity (Wildman–Crippen MR) is 56.6 cm³/mol. The summed E-state index contributed by atoms with van der Waals surface area (Å²) < 4.78 is 0. The van der Waals surface area contributed by atoms with Gasteiger partial charge in [0.2, 0.25) is 0 Å². The molecule has 0 unspecified atom stereocenters. The SMILES string of the molecule is N#Cc1ccc(NC(CO)(CO)CO)cn1. The second-order valence-electron chi connectivity index (χ2n) is 3.42. The minimum absolute atomic E-state index is 0.271. The van der Waals surface area contributed by atoms with Gasteiger partial charge in [0.15, 0.2) is 0 Å². The molecular formula is C10H13N3O3. The smallest absolute Gasteiger partial charge is 0.140 e. The van der Waals surface area contributed by atoms with Crippen molar-refractivity contribution in [1.82, 2.24) is 4.98 Å². The van der Waals surface area contributed by atoms with Crippen molar-refractivity contribution in [2.75, 3.05) is 25.1 Å². The summed E-state index contributed by atoms with van der Waals surface area (Å²) in [7, 11) is 0. The van der Waals surface area contributed by atoms with E-state index in [1.807, 2.05) is 6.07 Å². The van der Waals surface area contributed by atoms with Gasteiger partial charge in [-0.05, 0) is 12.1 Å². The van der Waals surface area contributed by atoms with Crippen LogP contribution in [0.2, 0.25) is 0 Å². The van der Waals surface area contributed by atoms with Crippen molar-refractivity contribution in [3.63, 3.8) is 0 Å². The first kappa shape index (κ1) is 12.4. The van der Waals surface area contributed by atoms with Crippen molar-refractivity contribution in [3.8, 4) is 6.07 Å². The first-order valence-electron chi connectivity index (χ1n) is 4.66. The molecule has 0 aliphatic carbocycles. The molecule has 0 saturated heterocycles. The molecule has 0 aliphatic heterocycles. The van der Waals surface area contributed by atoms with Crippen molar-refractivity contribution in [1.29, 1.82) is 5.26 Å². The monoisotopic (exact) mass is 223 g/mol. The quantitative estimate of drug-likeness (QED) is 0.514. The highest BCUT2D eigenvalue weighted by Crippen LogP contribution is 2.14. The predicted octanol–water partition coefficient (Wildman–Crippen LogP) is -0.919. The summed E-state index contributed by atoms with van der Waals surface area (Å²) in [4.78, 5) is 3.82. The van der Waals surface area contributed by atoms with E-state index in [4.69, 9.17) is 20.6 Å². The van der Waals surface area contributed by atoms with Crippen molar-refractivity contribution in [2.24, 2.45) is 0 Å². The van der Waals surface area contributed by atoms with Crippen LogP contribution in [0.4, 0.5) is 5.69 Å². The molecule has 0 radical (unpaired) electrons. The van der Waals surface area contributed by atoms with Gasteiger partial charge in [0.05, 0.1) is 31.7 Å². The van der Waals surface area contributed by atoms with Crippen LogP contribution >= 0.6 is 0 Å². The highest BCUT2D eigenvalue weighted by molar-refractivity contribution is 5.45. The molecule has 0 amide bonds. The molecule has 16 heavy (non-hydrogen) atoms. The second kappa shape index (κ2) is 5.42. The van der Waals surface area contributed by atoms with Crippen molar-refractivity contribution in [2.45, 2.75) is 5.54 Å². The van der Waals surface area contributed by atoms with Crippen LogP contribution in [0.15, 0.2) is 18.3 Å². The molecule has 86 valence electrons. The third kappa shape index (κ3) is 2.67. The highest BCUT2D eigenvalue weighted by atomic mass is 16.3. The van der Waals surface area contributed by atoms with E-state index in [9.17, 15) is 0 Å². The maximum absolute atomic E-state index is 9.08. The molecule has 0 atom stereocenters. The minimum atomic E-state index is -1.18. The fraction of sp³-hybridized carbons (Fsp3) is 0.400. The number of nitrogens with one attached hydrogen (secondary N) is 1. The van der Waals surface area contributed by atoms with E-state index in [1.165, 1.54) is 12.3 Å². The van der Waals surface area contributed by atoms with Gasteiger partial charge in [-0.3, -0.25) is 0 Å². The topological polar surface area (TPSA) is 109 Å². The van der Waals surface area contributed by atoms with Crippen LogP contribution in [0.1, 0.15) is 5.69 Å². The number of aliphatic hydroxyl groups is 3. The molecular weight excluding hydrogens is 210 g/mol. The molecule has 0 spiro atoms. The van der Waals surface area contributed by atoms with E-state index in [2.05, 4.69) is 10.3 Å². The van der Waals surface area contributed by atoms with E-state index >= 15 is 0 Å². The van der Waals surface area contributed by atoms with Gasteiger partial charge in [-0.25, -0.2) is 4.98 Å². The number of hydrogen-bond donors (Lipinski definition) is 4. The van der Waals surface area contributed by atoms with Crippen LogP contribution in [0.3, 0.4) is 0 Å². The number of aromatic nitrogens is 1. The lowest BCUT2D eigenvalue weighted by atomic mass is 10.0. The molecule has 0 aromatic carbocycles. The summed E-state index contributed by atoms with van der Waals surface area (Å²) in [5.41, 5.74) is -0.403. The average molecular weight is 223 g/mol. The number of aliphatic hydroxyl groups excluding tert-OH is 3. The largest absolute Gasteiger partial charge is 0.394 e. The van der Waals surface area contributed by atoms with Crippen LogP contribution in [-0.2, 0) is 0 Å². The van der Waals surface area contributed by atoms with E-state index < -0.39 is 25.4 Å². The van der Waals surface area contributed by atoms with Crippen LogP contribution < -0.4 is 5.32 Å². The van der Waals surface area contributed by atoms with Gasteiger partial charge in [0.1, 0.15) is 17.3 Å². The lowest BCUT2D eigenvalue weighted by molar-refractivity contribution is 0.0833. The Morgan fingerprint density at radius 2 is 1.88 bits per heavy atom. The van der Waals surface area contributed by atoms with Gasteiger partial charge >= 0.3 is 0 Å². The zero-order chi connectivity index (χ0) is 12.0. The summed E-state index contributed by atoms with van der Waals surface area (Å²) in [6.45, 7) is -1.25. The Kier molecular flexibility index (Phi) is 4.19. The van der Waals surface area contributed by atoms with Gasteiger partial charge in [0, 0.05) is 0 Å². The molecule has 6 nitrogen and oxygen atoms in total. The van der Waals surface area contributed by atoms with E-state index in [0.717, 1.165) is 0 Å². The van der Waals surface area contributed by atoms with Crippen molar-refractivity contribution >= 4 is 5.69 Å². The minimum Gasteiger partial charge on any atom is -0.394 e. The molecule has 4 N–H and O–H groups in total. The van der Waals surface area contributed by atoms with E-state index in [1.54, 1.807) is 6.07 Å². The van der Waals surface area contributed by atoms with Crippen LogP contribution in [0, 0.1) is 11.3 Å². The van der Waals surface area contributed by atoms with Crippen LogP contribution in [0.25, 0.3) is 0 Å². The molecule has 0 aliphatic rings. The molecule has 0 saturated carbocycles. The van der Waals surface area contributed by atoms with Gasteiger partial charge in [0.25, 0.3) is 0 Å². The third-order valence-electron chi connectivity index (χ3n) is 2.20. The standard InChI is InChI=1S/C10H13N3O3/c11-3-8-1-2-9(4-12-8)13-10(5-14,6-15)7-16/h1-2,4,13-16H,5-7H2. The molecule has 6 heteroatoms. The lowest BCUT2D eigenvalue weighted by Gasteiger charge is -2.29. The first-order chi connectivity index (χ1) is 7.69. The van der Waals surface area contributed by atoms with Gasteiger partial charge in [-0.1, -0.05) is 0 Å². The molecule has 1 aromatic heterocycles. The first-order valence-corrected chi connectivity index (χ1v) is 4.66. The number of anilines is 1. The van der Waals surface area contributed by atoms with Crippen molar-refractivity contribution < 1.29 is 15.3 Å². The van der Waals surface area contributed by atoms with E-state index in [-0.39, 0.29) is 5.69 Å². The van der Waals surface area contributed by atoms with Gasteiger partial charge in [-0.15, -0.1) is 0 Å². The number of rotatable bonds is 5. The Morgan fingerprint density at radius 3 is 2.25 bits per heavy atom. The Labute approximate surface area is 92.8 Å². The maximum atomic E-state index is 9.08. The summed E-state index contributed by atoms with van der Waals surface area (Å²) in [6, 6.07) is 4.96. The molecule has 0 bridgehead atoms. The normalized spacial score (nSPS) is 10.9. The lowest BCUT2D eigenvalue weighted by Crippen LogP contribution is -2.49. The highest BCUT2D eigenvalue weighted by Gasteiger charge is 2.27. The van der Waals surface area contributed by atoms with Gasteiger partial charge < -0.3 is 20.6 Å². The molecule has 0 fully saturated rings. The number of hydrogen-bond acceptors (Lipinski definition) is 6. The number of nitrogens with zero attached hydrogens (tertiary/aromatic N) is 2. The van der Waals surface area contributed by atoms with Crippen LogP contribution in [0.5, 0.6) is 0 Å². The zero-order valence-electron chi connectivity index (χ0n) is 8.59. The average Bonchev–Trinajstić information content (AvgIpc) is 2.37. The van der Waals surface area contributed by atoms with E-state index in [0.29, 0.717) is 5.69 Å². The zero-order valence-corrected chi connectivity index (χ0v) is 8.59. The fourth-order valence-corrected chi connectivity index (χ4v) is 1.11. The summed E-state index contributed by atoms with van der Waals surface area (Å²) >= 11 is 0. The summed E-state index contributed by atoms with van der Waals surface area (Å²) in [5.74, 6) is 0. The molecule has 1 heterocycles. The fourth-order valence-electron chi connectivity index (χ4n) is 1.11. The van der Waals surface area contributed by atoms with Crippen LogP contribution in [-0.4, -0.2) is 45.7 Å². The summed E-state index contributed by atoms with van der Waals surface area (Å²) in [5, 5.41) is 38.6.